The van der Waals surface area contributed by atoms with E-state index in [9.17, 15) is 0 Å². The molecule has 0 atom stereocenters. The Morgan fingerprint density at radius 3 is 2.85 bits per heavy atom. The lowest BCUT2D eigenvalue weighted by Gasteiger charge is -2.27. The lowest BCUT2D eigenvalue weighted by Crippen LogP contribution is -2.29. The average Bonchev–Trinajstić information content (AvgIpc) is 2.89. The third-order valence-corrected chi connectivity index (χ3v) is 4.10. The van der Waals surface area contributed by atoms with Crippen LogP contribution >= 0.6 is 0 Å². The summed E-state index contributed by atoms with van der Waals surface area (Å²) < 4.78 is 10.9. The second kappa shape index (κ2) is 5.71. The Morgan fingerprint density at radius 1 is 1.35 bits per heavy atom. The molecule has 0 saturated heterocycles. The van der Waals surface area contributed by atoms with Gasteiger partial charge in [0.1, 0.15) is 11.3 Å². The maximum atomic E-state index is 5.74. The van der Waals surface area contributed by atoms with Gasteiger partial charge in [-0.2, -0.15) is 4.98 Å². The molecule has 0 aliphatic heterocycles. The van der Waals surface area contributed by atoms with Gasteiger partial charge in [-0.1, -0.05) is 0 Å². The molecule has 5 heteroatoms. The number of nitrogens with one attached hydrogen (secondary N) is 1. The maximum Gasteiger partial charge on any atom is 0.295 e. The van der Waals surface area contributed by atoms with Gasteiger partial charge in [0.2, 0.25) is 0 Å². The molecule has 1 aliphatic carbocycles. The summed E-state index contributed by atoms with van der Waals surface area (Å²) in [6.07, 6.45) is 4.62. The molecule has 3 N–H and O–H groups in total. The number of hydrogen-bond donors (Lipinski definition) is 2. The van der Waals surface area contributed by atoms with E-state index in [1.807, 2.05) is 18.2 Å². The van der Waals surface area contributed by atoms with Crippen molar-refractivity contribution in [1.29, 1.82) is 0 Å². The van der Waals surface area contributed by atoms with Crippen LogP contribution in [0.4, 0.5) is 6.01 Å². The minimum Gasteiger partial charge on any atom is -0.497 e. The van der Waals surface area contributed by atoms with E-state index >= 15 is 0 Å². The molecule has 0 bridgehead atoms. The summed E-state index contributed by atoms with van der Waals surface area (Å²) in [7, 11) is 1.65. The normalized spacial score (nSPS) is 22.9. The van der Waals surface area contributed by atoms with E-state index in [4.69, 9.17) is 14.9 Å². The Balaban J connectivity index is 1.68. The third kappa shape index (κ3) is 2.72. The van der Waals surface area contributed by atoms with Crippen molar-refractivity contribution in [2.24, 2.45) is 11.7 Å². The van der Waals surface area contributed by atoms with Gasteiger partial charge in [-0.15, -0.1) is 0 Å². The highest BCUT2D eigenvalue weighted by atomic mass is 16.5. The molecule has 0 unspecified atom stereocenters. The van der Waals surface area contributed by atoms with Gasteiger partial charge in [0.25, 0.3) is 6.01 Å². The van der Waals surface area contributed by atoms with Crippen molar-refractivity contribution in [3.8, 4) is 5.75 Å². The van der Waals surface area contributed by atoms with Crippen molar-refractivity contribution < 1.29 is 9.15 Å². The number of ether oxygens (including phenoxy) is 1. The van der Waals surface area contributed by atoms with Gasteiger partial charge in [0.15, 0.2) is 5.58 Å². The molecule has 1 heterocycles. The number of nitrogens with zero attached hydrogens (tertiary/aromatic N) is 1. The van der Waals surface area contributed by atoms with Gasteiger partial charge >= 0.3 is 0 Å². The van der Waals surface area contributed by atoms with Gasteiger partial charge < -0.3 is 20.2 Å². The van der Waals surface area contributed by atoms with Gasteiger partial charge in [0, 0.05) is 12.1 Å². The number of aromatic nitrogens is 1. The van der Waals surface area contributed by atoms with Crippen LogP contribution in [0.3, 0.4) is 0 Å². The number of nitrogens with two attached hydrogens (primary N) is 1. The Kier molecular flexibility index (Phi) is 3.78. The molecule has 5 nitrogen and oxygen atoms in total. The summed E-state index contributed by atoms with van der Waals surface area (Å²) in [6, 6.07) is 6.70. The molecule has 1 aliphatic rings. The molecule has 1 saturated carbocycles. The summed E-state index contributed by atoms with van der Waals surface area (Å²) in [6.45, 7) is 0.801. The van der Waals surface area contributed by atoms with Crippen LogP contribution in [0.2, 0.25) is 0 Å². The summed E-state index contributed by atoms with van der Waals surface area (Å²) in [4.78, 5) is 4.46. The maximum absolute atomic E-state index is 5.74. The highest BCUT2D eigenvalue weighted by Crippen LogP contribution is 2.28. The lowest BCUT2D eigenvalue weighted by atomic mass is 9.86. The highest BCUT2D eigenvalue weighted by Gasteiger charge is 2.21. The number of rotatable bonds is 4. The number of benzene rings is 1. The van der Waals surface area contributed by atoms with Gasteiger partial charge in [0.05, 0.1) is 7.11 Å². The Bertz CT molecular complexity index is 574. The van der Waals surface area contributed by atoms with Crippen molar-refractivity contribution in [2.45, 2.75) is 31.7 Å². The topological polar surface area (TPSA) is 73.3 Å². The van der Waals surface area contributed by atoms with E-state index in [0.717, 1.165) is 36.2 Å². The zero-order chi connectivity index (χ0) is 13.9. The highest BCUT2D eigenvalue weighted by molar-refractivity contribution is 5.76. The van der Waals surface area contributed by atoms with Crippen LogP contribution in [0.1, 0.15) is 25.7 Å². The number of anilines is 1. The van der Waals surface area contributed by atoms with Crippen LogP contribution in [0, 0.1) is 5.92 Å². The van der Waals surface area contributed by atoms with E-state index in [1.165, 1.54) is 12.8 Å². The van der Waals surface area contributed by atoms with Crippen molar-refractivity contribution >= 4 is 17.1 Å². The summed E-state index contributed by atoms with van der Waals surface area (Å²) in [5.74, 6) is 1.46. The van der Waals surface area contributed by atoms with Crippen molar-refractivity contribution in [3.63, 3.8) is 0 Å². The Labute approximate surface area is 118 Å². The minimum atomic E-state index is 0.438. The first-order valence-electron chi connectivity index (χ1n) is 7.19. The molecule has 108 valence electrons. The first kappa shape index (κ1) is 13.2. The molecule has 3 rings (SSSR count). The van der Waals surface area contributed by atoms with Gasteiger partial charge in [-0.05, 0) is 50.3 Å². The zero-order valence-corrected chi connectivity index (χ0v) is 11.8. The molecular formula is C15H21N3O2. The number of methoxy groups -OCH3 is 1. The smallest absolute Gasteiger partial charge is 0.295 e. The van der Waals surface area contributed by atoms with Gasteiger partial charge in [-0.3, -0.25) is 0 Å². The Morgan fingerprint density at radius 2 is 2.15 bits per heavy atom. The second-order valence-electron chi connectivity index (χ2n) is 5.45. The number of fused-ring (bicyclic) bond motifs is 1. The van der Waals surface area contributed by atoms with E-state index in [2.05, 4.69) is 10.3 Å². The monoisotopic (exact) mass is 275 g/mol. The molecular weight excluding hydrogens is 254 g/mol. The third-order valence-electron chi connectivity index (χ3n) is 4.10. The predicted octanol–water partition coefficient (Wildman–Crippen LogP) is 2.77. The predicted molar refractivity (Wildman–Crippen MR) is 79.0 cm³/mol. The van der Waals surface area contributed by atoms with Crippen molar-refractivity contribution in [3.05, 3.63) is 18.2 Å². The fraction of sp³-hybridized carbons (Fsp3) is 0.533. The molecule has 2 aromatic rings. The van der Waals surface area contributed by atoms with Crippen LogP contribution < -0.4 is 15.8 Å². The van der Waals surface area contributed by atoms with Crippen LogP contribution in [0.5, 0.6) is 5.75 Å². The lowest BCUT2D eigenvalue weighted by molar-refractivity contribution is 0.341. The summed E-state index contributed by atoms with van der Waals surface area (Å²) in [5.41, 5.74) is 7.32. The molecule has 20 heavy (non-hydrogen) atoms. The van der Waals surface area contributed by atoms with E-state index in [-0.39, 0.29) is 0 Å². The first-order valence-corrected chi connectivity index (χ1v) is 7.19. The van der Waals surface area contributed by atoms with E-state index in [0.29, 0.717) is 18.0 Å². The van der Waals surface area contributed by atoms with Crippen LogP contribution in [0.25, 0.3) is 11.1 Å². The SMILES string of the molecule is COc1ccc2nc(N[C@H]3CC[C@H](CN)CC3)oc2c1. The largest absolute Gasteiger partial charge is 0.497 e. The number of oxazole rings is 1. The fourth-order valence-corrected chi connectivity index (χ4v) is 2.81. The molecule has 0 amide bonds. The van der Waals surface area contributed by atoms with E-state index < -0.39 is 0 Å². The average molecular weight is 275 g/mol. The summed E-state index contributed by atoms with van der Waals surface area (Å²) in [5, 5.41) is 3.39. The second-order valence-corrected chi connectivity index (χ2v) is 5.45. The van der Waals surface area contributed by atoms with Crippen LogP contribution in [0.15, 0.2) is 22.6 Å². The van der Waals surface area contributed by atoms with Crippen molar-refractivity contribution in [2.75, 3.05) is 19.0 Å². The standard InChI is InChI=1S/C15H21N3O2/c1-19-12-6-7-13-14(8-12)20-15(18-13)17-11-4-2-10(9-16)3-5-11/h6-8,10-11H,2-5,9,16H2,1H3,(H,17,18)/t10-,11-. The fourth-order valence-electron chi connectivity index (χ4n) is 2.81. The molecule has 1 fully saturated rings. The molecule has 0 radical (unpaired) electrons. The van der Waals surface area contributed by atoms with Crippen LogP contribution in [-0.4, -0.2) is 24.7 Å². The van der Waals surface area contributed by atoms with Crippen molar-refractivity contribution in [1.82, 2.24) is 4.98 Å². The number of hydrogen-bond acceptors (Lipinski definition) is 5. The van der Waals surface area contributed by atoms with Crippen LogP contribution in [-0.2, 0) is 0 Å². The molecule has 1 aromatic carbocycles. The van der Waals surface area contributed by atoms with Gasteiger partial charge in [-0.25, -0.2) is 0 Å². The molecule has 1 aromatic heterocycles. The Hall–Kier alpha value is -1.75. The first-order chi connectivity index (χ1) is 9.78. The van der Waals surface area contributed by atoms with E-state index in [1.54, 1.807) is 7.11 Å². The quantitative estimate of drug-likeness (QED) is 0.897. The minimum absolute atomic E-state index is 0.438. The summed E-state index contributed by atoms with van der Waals surface area (Å²) >= 11 is 0. The zero-order valence-electron chi connectivity index (χ0n) is 11.8. The molecule has 0 spiro atoms.